The number of hydrogen-bond donors (Lipinski definition) is 0. The Balaban J connectivity index is 1.58. The number of likely N-dealkylation sites (tertiary alicyclic amines) is 1. The maximum atomic E-state index is 11.9. The van der Waals surface area contributed by atoms with Gasteiger partial charge in [0.1, 0.15) is 6.61 Å². The Morgan fingerprint density at radius 3 is 2.43 bits per heavy atom. The quantitative estimate of drug-likeness (QED) is 0.673. The molecule has 1 saturated heterocycles. The van der Waals surface area contributed by atoms with Gasteiger partial charge in [-0.3, -0.25) is 9.69 Å². The van der Waals surface area contributed by atoms with Gasteiger partial charge in [-0.15, -0.1) is 0 Å². The Kier molecular flexibility index (Phi) is 6.70. The molecule has 0 atom stereocenters. The molecule has 1 aliphatic rings. The molecular formula is C21H24Cl2N2O3. The van der Waals surface area contributed by atoms with Crippen molar-refractivity contribution in [2.75, 3.05) is 34.3 Å². The topological polar surface area (TPSA) is 42.0 Å². The van der Waals surface area contributed by atoms with Crippen LogP contribution in [0.4, 0.5) is 0 Å². The summed E-state index contributed by atoms with van der Waals surface area (Å²) < 4.78 is 11.4. The summed E-state index contributed by atoms with van der Waals surface area (Å²) in [5, 5.41) is 1.03. The van der Waals surface area contributed by atoms with E-state index in [1.54, 1.807) is 38.2 Å². The molecule has 0 aliphatic carbocycles. The molecule has 1 amide bonds. The summed E-state index contributed by atoms with van der Waals surface area (Å²) in [5.41, 5.74) is 2.05. The summed E-state index contributed by atoms with van der Waals surface area (Å²) in [6.07, 6.45) is 0. The molecule has 150 valence electrons. The molecule has 0 saturated carbocycles. The summed E-state index contributed by atoms with van der Waals surface area (Å²) in [6.45, 7) is 2.72. The lowest BCUT2D eigenvalue weighted by atomic mass is 9.98. The molecule has 1 fully saturated rings. The van der Waals surface area contributed by atoms with Gasteiger partial charge in [0.05, 0.1) is 23.1 Å². The van der Waals surface area contributed by atoms with E-state index in [1.165, 1.54) is 0 Å². The molecule has 1 aliphatic heterocycles. The molecule has 0 radical (unpaired) electrons. The molecule has 0 aromatic heterocycles. The van der Waals surface area contributed by atoms with Crippen molar-refractivity contribution in [3.05, 3.63) is 57.6 Å². The van der Waals surface area contributed by atoms with E-state index < -0.39 is 0 Å². The summed E-state index contributed by atoms with van der Waals surface area (Å²) >= 11 is 12.0. The van der Waals surface area contributed by atoms with Crippen molar-refractivity contribution in [1.82, 2.24) is 9.80 Å². The van der Waals surface area contributed by atoms with Gasteiger partial charge in [-0.2, -0.15) is 0 Å². The molecule has 0 bridgehead atoms. The Labute approximate surface area is 175 Å². The molecule has 0 unspecified atom stereocenters. The molecular weight excluding hydrogens is 399 g/mol. The van der Waals surface area contributed by atoms with Crippen LogP contribution in [0.15, 0.2) is 36.4 Å². The molecule has 3 rings (SSSR count). The number of benzene rings is 2. The fourth-order valence-corrected chi connectivity index (χ4v) is 3.52. The smallest absolute Gasteiger partial charge is 0.227 e. The predicted octanol–water partition coefficient (Wildman–Crippen LogP) is 4.10. The number of carbonyl (C=O) groups excluding carboxylic acids is 1. The van der Waals surface area contributed by atoms with Gasteiger partial charge < -0.3 is 14.4 Å². The first-order valence-corrected chi connectivity index (χ1v) is 9.80. The number of nitrogens with zero attached hydrogens (tertiary/aromatic N) is 2. The molecule has 1 heterocycles. The summed E-state index contributed by atoms with van der Waals surface area (Å²) in [7, 11) is 5.22. The number of amides is 1. The van der Waals surface area contributed by atoms with Crippen LogP contribution in [0, 0.1) is 5.92 Å². The minimum absolute atomic E-state index is 0.103. The normalized spacial score (nSPS) is 14.5. The Bertz CT molecular complexity index is 852. The number of ether oxygens (including phenoxy) is 2. The van der Waals surface area contributed by atoms with Gasteiger partial charge in [0.15, 0.2) is 11.5 Å². The summed E-state index contributed by atoms with van der Waals surface area (Å²) in [4.78, 5) is 15.8. The number of halogens is 2. The molecule has 28 heavy (non-hydrogen) atoms. The lowest BCUT2D eigenvalue weighted by Gasteiger charge is -2.39. The zero-order valence-electron chi connectivity index (χ0n) is 16.2. The second-order valence-electron chi connectivity index (χ2n) is 7.15. The number of methoxy groups -OCH3 is 1. The van der Waals surface area contributed by atoms with E-state index in [9.17, 15) is 4.79 Å². The monoisotopic (exact) mass is 422 g/mol. The maximum Gasteiger partial charge on any atom is 0.227 e. The highest BCUT2D eigenvalue weighted by molar-refractivity contribution is 6.42. The third-order valence-corrected chi connectivity index (χ3v) is 5.50. The van der Waals surface area contributed by atoms with Crippen LogP contribution in [-0.4, -0.2) is 50.0 Å². The highest BCUT2D eigenvalue weighted by atomic mass is 35.5. The number of hydrogen-bond acceptors (Lipinski definition) is 4. The van der Waals surface area contributed by atoms with Gasteiger partial charge in [0, 0.05) is 33.7 Å². The van der Waals surface area contributed by atoms with Crippen LogP contribution in [-0.2, 0) is 17.9 Å². The van der Waals surface area contributed by atoms with Gasteiger partial charge in [-0.25, -0.2) is 0 Å². The second-order valence-corrected chi connectivity index (χ2v) is 7.96. The van der Waals surface area contributed by atoms with E-state index >= 15 is 0 Å². The van der Waals surface area contributed by atoms with Crippen molar-refractivity contribution >= 4 is 29.1 Å². The van der Waals surface area contributed by atoms with E-state index in [-0.39, 0.29) is 11.8 Å². The minimum atomic E-state index is 0.103. The van der Waals surface area contributed by atoms with Crippen molar-refractivity contribution in [2.45, 2.75) is 13.2 Å². The minimum Gasteiger partial charge on any atom is -0.493 e. The fraction of sp³-hybridized carbons (Fsp3) is 0.381. The van der Waals surface area contributed by atoms with Crippen LogP contribution in [0.1, 0.15) is 11.1 Å². The first-order chi connectivity index (χ1) is 13.4. The van der Waals surface area contributed by atoms with E-state index in [4.69, 9.17) is 32.7 Å². The Morgan fingerprint density at radius 2 is 1.79 bits per heavy atom. The van der Waals surface area contributed by atoms with Crippen molar-refractivity contribution in [3.8, 4) is 11.5 Å². The Hall–Kier alpha value is -1.95. The molecule has 7 heteroatoms. The molecule has 2 aromatic rings. The lowest BCUT2D eigenvalue weighted by molar-refractivity contribution is -0.138. The third-order valence-electron chi connectivity index (χ3n) is 4.76. The molecule has 2 aromatic carbocycles. The first kappa shape index (κ1) is 20.8. The van der Waals surface area contributed by atoms with Crippen LogP contribution >= 0.6 is 23.2 Å². The van der Waals surface area contributed by atoms with Gasteiger partial charge in [-0.05, 0) is 35.4 Å². The zero-order valence-corrected chi connectivity index (χ0v) is 17.8. The maximum absolute atomic E-state index is 11.9. The molecule has 0 spiro atoms. The van der Waals surface area contributed by atoms with Gasteiger partial charge in [0.25, 0.3) is 0 Å². The second kappa shape index (κ2) is 9.03. The average Bonchev–Trinajstić information content (AvgIpc) is 2.65. The lowest BCUT2D eigenvalue weighted by Crippen LogP contribution is -2.52. The van der Waals surface area contributed by atoms with Crippen molar-refractivity contribution in [3.63, 3.8) is 0 Å². The van der Waals surface area contributed by atoms with E-state index in [1.807, 2.05) is 24.3 Å². The SMILES string of the molecule is COc1cc(CN2CC(C(=O)N(C)C)C2)ccc1OCc1ccc(Cl)c(Cl)c1. The first-order valence-electron chi connectivity index (χ1n) is 9.04. The zero-order chi connectivity index (χ0) is 20.3. The van der Waals surface area contributed by atoms with Gasteiger partial charge in [0.2, 0.25) is 5.91 Å². The standard InChI is InChI=1S/C21H24Cl2N2O3/c1-24(2)21(26)16-11-25(12-16)10-14-5-7-19(20(9-14)27-3)28-13-15-4-6-17(22)18(23)8-15/h4-9,16H,10-13H2,1-3H3. The van der Waals surface area contributed by atoms with Crippen LogP contribution in [0.2, 0.25) is 10.0 Å². The van der Waals surface area contributed by atoms with Crippen molar-refractivity contribution < 1.29 is 14.3 Å². The van der Waals surface area contributed by atoms with Crippen molar-refractivity contribution in [1.29, 1.82) is 0 Å². The van der Waals surface area contributed by atoms with Gasteiger partial charge in [-0.1, -0.05) is 35.3 Å². The summed E-state index contributed by atoms with van der Waals surface area (Å²) in [6, 6.07) is 11.3. The van der Waals surface area contributed by atoms with E-state index in [2.05, 4.69) is 4.90 Å². The average molecular weight is 423 g/mol. The van der Waals surface area contributed by atoms with E-state index in [0.717, 1.165) is 30.8 Å². The molecule has 0 N–H and O–H groups in total. The highest BCUT2D eigenvalue weighted by Crippen LogP contribution is 2.31. The van der Waals surface area contributed by atoms with Gasteiger partial charge >= 0.3 is 0 Å². The number of carbonyl (C=O) groups is 1. The predicted molar refractivity (Wildman–Crippen MR) is 111 cm³/mol. The largest absolute Gasteiger partial charge is 0.493 e. The van der Waals surface area contributed by atoms with Crippen LogP contribution < -0.4 is 9.47 Å². The summed E-state index contributed by atoms with van der Waals surface area (Å²) in [5.74, 6) is 1.64. The highest BCUT2D eigenvalue weighted by Gasteiger charge is 2.33. The fourth-order valence-electron chi connectivity index (χ4n) is 3.20. The van der Waals surface area contributed by atoms with Crippen LogP contribution in [0.5, 0.6) is 11.5 Å². The van der Waals surface area contributed by atoms with E-state index in [0.29, 0.717) is 28.2 Å². The third kappa shape index (κ3) is 4.90. The van der Waals surface area contributed by atoms with Crippen LogP contribution in [0.25, 0.3) is 0 Å². The number of rotatable bonds is 7. The molecule has 5 nitrogen and oxygen atoms in total. The Morgan fingerprint density at radius 1 is 1.07 bits per heavy atom. The van der Waals surface area contributed by atoms with Crippen LogP contribution in [0.3, 0.4) is 0 Å². The van der Waals surface area contributed by atoms with Crippen molar-refractivity contribution in [2.24, 2.45) is 5.92 Å².